The maximum Gasteiger partial charge on any atom is 0.343 e. The Labute approximate surface area is 191 Å². The average Bonchev–Trinajstić information content (AvgIpc) is 3.23. The third kappa shape index (κ3) is 4.86. The van der Waals surface area contributed by atoms with Gasteiger partial charge in [-0.1, -0.05) is 49.6 Å². The lowest BCUT2D eigenvalue weighted by Crippen LogP contribution is -2.52. The standard InChI is InChI=1S/C26H36N3O3/c1-29(18-14-23-19-27-15-16-28-23)17-8-13-24(29)20-32-25(30)26(31,21-9-4-2-5-10-21)22-11-6-3-7-12-22/h2,4-5,9-10,15-16,19,22,24,31H,3,6-8,11-14,17-18,20H2,1H3/q+1. The number of aromatic nitrogens is 2. The van der Waals surface area contributed by atoms with E-state index in [1.807, 2.05) is 36.5 Å². The first-order valence-corrected chi connectivity index (χ1v) is 12.1. The molecular weight excluding hydrogens is 402 g/mol. The Morgan fingerprint density at radius 2 is 1.91 bits per heavy atom. The molecule has 4 rings (SSSR count). The van der Waals surface area contributed by atoms with Crippen LogP contribution >= 0.6 is 0 Å². The van der Waals surface area contributed by atoms with E-state index in [0.717, 1.165) is 68.2 Å². The highest BCUT2D eigenvalue weighted by Crippen LogP contribution is 2.40. The van der Waals surface area contributed by atoms with Crippen LogP contribution < -0.4 is 0 Å². The summed E-state index contributed by atoms with van der Waals surface area (Å²) in [6, 6.07) is 9.62. The van der Waals surface area contributed by atoms with E-state index < -0.39 is 11.6 Å². The summed E-state index contributed by atoms with van der Waals surface area (Å²) in [7, 11) is 2.24. The molecule has 0 amide bonds. The van der Waals surface area contributed by atoms with Crippen molar-refractivity contribution in [2.45, 2.75) is 63.0 Å². The summed E-state index contributed by atoms with van der Waals surface area (Å²) >= 11 is 0. The van der Waals surface area contributed by atoms with E-state index in [0.29, 0.717) is 12.2 Å². The van der Waals surface area contributed by atoms with E-state index in [9.17, 15) is 9.90 Å². The van der Waals surface area contributed by atoms with Crippen LogP contribution in [0.1, 0.15) is 56.2 Å². The maximum atomic E-state index is 13.4. The van der Waals surface area contributed by atoms with Crippen molar-refractivity contribution < 1.29 is 19.1 Å². The quantitative estimate of drug-likeness (QED) is 0.503. The molecule has 0 bridgehead atoms. The number of aliphatic hydroxyl groups is 1. The van der Waals surface area contributed by atoms with Gasteiger partial charge in [0.05, 0.1) is 25.8 Å². The first-order valence-electron chi connectivity index (χ1n) is 12.1. The molecule has 1 aliphatic carbocycles. The van der Waals surface area contributed by atoms with E-state index in [2.05, 4.69) is 17.0 Å². The fourth-order valence-electron chi connectivity index (χ4n) is 5.58. The molecule has 0 radical (unpaired) electrons. The summed E-state index contributed by atoms with van der Waals surface area (Å²) < 4.78 is 6.77. The van der Waals surface area contributed by atoms with E-state index >= 15 is 0 Å². The average molecular weight is 439 g/mol. The second-order valence-electron chi connectivity index (χ2n) is 9.74. The van der Waals surface area contributed by atoms with Crippen LogP contribution in [0.15, 0.2) is 48.9 Å². The highest BCUT2D eigenvalue weighted by Gasteiger charge is 2.48. The SMILES string of the molecule is C[N+]1(CCc2cnccn2)CCCC1COC(=O)C(O)(c1ccccc1)C1CCCCC1. The summed E-state index contributed by atoms with van der Waals surface area (Å²) in [6.07, 6.45) is 13.2. The number of likely N-dealkylation sites (N-methyl/N-ethyl adjacent to an activating group) is 1. The maximum absolute atomic E-state index is 13.4. The molecular formula is C26H36N3O3+. The van der Waals surface area contributed by atoms with Gasteiger partial charge in [0.2, 0.25) is 0 Å². The van der Waals surface area contributed by atoms with Crippen molar-refractivity contribution in [1.82, 2.24) is 9.97 Å². The van der Waals surface area contributed by atoms with Crippen molar-refractivity contribution in [2.75, 3.05) is 26.7 Å². The highest BCUT2D eigenvalue weighted by molar-refractivity contribution is 5.81. The van der Waals surface area contributed by atoms with Crippen LogP contribution in [0.25, 0.3) is 0 Å². The molecule has 172 valence electrons. The molecule has 2 aromatic rings. The molecule has 2 heterocycles. The Bertz CT molecular complexity index is 872. The lowest BCUT2D eigenvalue weighted by Gasteiger charge is -2.39. The normalized spacial score (nSPS) is 25.9. The number of quaternary nitrogens is 1. The van der Waals surface area contributed by atoms with Crippen molar-refractivity contribution in [3.05, 3.63) is 60.2 Å². The smallest absolute Gasteiger partial charge is 0.343 e. The zero-order valence-corrected chi connectivity index (χ0v) is 19.2. The Morgan fingerprint density at radius 3 is 2.62 bits per heavy atom. The Morgan fingerprint density at radius 1 is 1.12 bits per heavy atom. The van der Waals surface area contributed by atoms with Gasteiger partial charge in [-0.2, -0.15) is 0 Å². The summed E-state index contributed by atoms with van der Waals surface area (Å²) in [5.41, 5.74) is 0.0806. The number of hydrogen-bond donors (Lipinski definition) is 1. The molecule has 1 aromatic heterocycles. The topological polar surface area (TPSA) is 72.3 Å². The summed E-state index contributed by atoms with van der Waals surface area (Å²) in [5.74, 6) is -0.574. The lowest BCUT2D eigenvalue weighted by molar-refractivity contribution is -0.921. The summed E-state index contributed by atoms with van der Waals surface area (Å²) in [4.78, 5) is 22.0. The van der Waals surface area contributed by atoms with Gasteiger partial charge in [-0.15, -0.1) is 0 Å². The summed E-state index contributed by atoms with van der Waals surface area (Å²) in [6.45, 7) is 2.35. The minimum Gasteiger partial charge on any atom is -0.457 e. The van der Waals surface area contributed by atoms with Crippen molar-refractivity contribution in [1.29, 1.82) is 0 Å². The van der Waals surface area contributed by atoms with Gasteiger partial charge in [-0.05, 0) is 18.4 Å². The number of carbonyl (C=O) groups is 1. The van der Waals surface area contributed by atoms with Crippen LogP contribution in [-0.4, -0.2) is 58.3 Å². The molecule has 6 heteroatoms. The predicted molar refractivity (Wildman–Crippen MR) is 123 cm³/mol. The highest BCUT2D eigenvalue weighted by atomic mass is 16.6. The minimum atomic E-state index is -1.57. The van der Waals surface area contributed by atoms with Crippen LogP contribution in [-0.2, 0) is 21.6 Å². The molecule has 2 fully saturated rings. The van der Waals surface area contributed by atoms with E-state index in [1.54, 1.807) is 12.4 Å². The van der Waals surface area contributed by atoms with Gasteiger partial charge in [-0.3, -0.25) is 9.97 Å². The molecule has 2 aliphatic rings. The Hall–Kier alpha value is -2.31. The molecule has 3 unspecified atom stereocenters. The molecule has 1 aliphatic heterocycles. The number of carbonyl (C=O) groups excluding carboxylic acids is 1. The van der Waals surface area contributed by atoms with Gasteiger partial charge in [0.25, 0.3) is 0 Å². The number of esters is 1. The van der Waals surface area contributed by atoms with E-state index in [-0.39, 0.29) is 12.0 Å². The zero-order chi connectivity index (χ0) is 22.4. The van der Waals surface area contributed by atoms with Crippen molar-refractivity contribution in [2.24, 2.45) is 5.92 Å². The van der Waals surface area contributed by atoms with Gasteiger partial charge < -0.3 is 14.3 Å². The monoisotopic (exact) mass is 438 g/mol. The second-order valence-corrected chi connectivity index (χ2v) is 9.74. The first kappa shape index (κ1) is 22.9. The largest absolute Gasteiger partial charge is 0.457 e. The van der Waals surface area contributed by atoms with Crippen LogP contribution in [0.2, 0.25) is 0 Å². The molecule has 3 atom stereocenters. The molecule has 1 aromatic carbocycles. The Balaban J connectivity index is 1.44. The zero-order valence-electron chi connectivity index (χ0n) is 19.2. The van der Waals surface area contributed by atoms with Crippen molar-refractivity contribution in [3.8, 4) is 0 Å². The molecule has 1 N–H and O–H groups in total. The minimum absolute atomic E-state index is 0.0905. The van der Waals surface area contributed by atoms with E-state index in [1.165, 1.54) is 6.42 Å². The fraction of sp³-hybridized carbons (Fsp3) is 0.577. The number of nitrogens with zero attached hydrogens (tertiary/aromatic N) is 3. The number of ether oxygens (including phenoxy) is 1. The van der Waals surface area contributed by atoms with Crippen molar-refractivity contribution in [3.63, 3.8) is 0 Å². The van der Waals surface area contributed by atoms with Gasteiger partial charge in [0, 0.05) is 43.8 Å². The molecule has 32 heavy (non-hydrogen) atoms. The third-order valence-corrected chi connectivity index (χ3v) is 7.71. The number of rotatable bonds is 8. The van der Waals surface area contributed by atoms with Crippen LogP contribution in [0.4, 0.5) is 0 Å². The van der Waals surface area contributed by atoms with Gasteiger partial charge in [0.15, 0.2) is 5.60 Å². The number of likely N-dealkylation sites (tertiary alicyclic amines) is 1. The summed E-state index contributed by atoms with van der Waals surface area (Å²) in [5, 5.41) is 11.7. The predicted octanol–water partition coefficient (Wildman–Crippen LogP) is 3.64. The Kier molecular flexibility index (Phi) is 7.21. The second kappa shape index (κ2) is 10.1. The van der Waals surface area contributed by atoms with Gasteiger partial charge >= 0.3 is 5.97 Å². The molecule has 0 spiro atoms. The van der Waals surface area contributed by atoms with Gasteiger partial charge in [-0.25, -0.2) is 4.79 Å². The molecule has 6 nitrogen and oxygen atoms in total. The van der Waals surface area contributed by atoms with Crippen LogP contribution in [0, 0.1) is 5.92 Å². The van der Waals surface area contributed by atoms with Gasteiger partial charge in [0.1, 0.15) is 12.6 Å². The third-order valence-electron chi connectivity index (χ3n) is 7.71. The van der Waals surface area contributed by atoms with Crippen LogP contribution in [0.5, 0.6) is 0 Å². The lowest BCUT2D eigenvalue weighted by atomic mass is 9.73. The molecule has 1 saturated carbocycles. The van der Waals surface area contributed by atoms with Crippen molar-refractivity contribution >= 4 is 5.97 Å². The number of hydrogen-bond acceptors (Lipinski definition) is 5. The fourth-order valence-corrected chi connectivity index (χ4v) is 5.58. The first-order chi connectivity index (χ1) is 15.5. The van der Waals surface area contributed by atoms with Crippen LogP contribution in [0.3, 0.4) is 0 Å². The molecule has 1 saturated heterocycles. The number of benzene rings is 1. The van der Waals surface area contributed by atoms with E-state index in [4.69, 9.17) is 4.74 Å².